The molecule has 0 aliphatic heterocycles. The van der Waals surface area contributed by atoms with Crippen molar-refractivity contribution in [2.45, 2.75) is 6.10 Å². The summed E-state index contributed by atoms with van der Waals surface area (Å²) >= 11 is 0. The van der Waals surface area contributed by atoms with E-state index in [2.05, 4.69) is 10.3 Å². The summed E-state index contributed by atoms with van der Waals surface area (Å²) in [4.78, 5) is 4.01. The fourth-order valence-corrected chi connectivity index (χ4v) is 1.55. The average Bonchev–Trinajstić information content (AvgIpc) is 2.61. The van der Waals surface area contributed by atoms with Crippen LogP contribution in [0.15, 0.2) is 30.7 Å². The molecule has 0 saturated carbocycles. The average molecular weight is 191 g/mol. The molecular weight excluding hydrogens is 178 g/mol. The molecule has 2 heterocycles. The van der Waals surface area contributed by atoms with Gasteiger partial charge in [0.15, 0.2) is 0 Å². The quantitative estimate of drug-likeness (QED) is 0.746. The summed E-state index contributed by atoms with van der Waals surface area (Å²) in [7, 11) is 1.82. The molecule has 2 N–H and O–H groups in total. The molecular formula is C10H13N3O. The first kappa shape index (κ1) is 9.18. The van der Waals surface area contributed by atoms with Gasteiger partial charge in [0.2, 0.25) is 0 Å². The van der Waals surface area contributed by atoms with Crippen LogP contribution < -0.4 is 5.32 Å². The first-order valence-corrected chi connectivity index (χ1v) is 4.56. The smallest absolute Gasteiger partial charge is 0.107 e. The van der Waals surface area contributed by atoms with Crippen molar-refractivity contribution in [2.75, 3.05) is 13.6 Å². The van der Waals surface area contributed by atoms with E-state index in [9.17, 15) is 5.11 Å². The van der Waals surface area contributed by atoms with Crippen molar-refractivity contribution in [1.82, 2.24) is 14.7 Å². The Bertz CT molecular complexity index is 424. The van der Waals surface area contributed by atoms with Crippen LogP contribution in [0.4, 0.5) is 0 Å². The number of nitrogens with zero attached hydrogens (tertiary/aromatic N) is 2. The third kappa shape index (κ3) is 1.49. The van der Waals surface area contributed by atoms with Crippen LogP contribution in [0.25, 0.3) is 5.52 Å². The van der Waals surface area contributed by atoms with Gasteiger partial charge in [0.1, 0.15) is 6.10 Å². The molecule has 0 bridgehead atoms. The van der Waals surface area contributed by atoms with E-state index in [-0.39, 0.29) is 0 Å². The number of aliphatic hydroxyl groups is 1. The fraction of sp³-hybridized carbons (Fsp3) is 0.300. The molecule has 74 valence electrons. The Morgan fingerprint density at radius 1 is 1.57 bits per heavy atom. The summed E-state index contributed by atoms with van der Waals surface area (Å²) < 4.78 is 1.94. The van der Waals surface area contributed by atoms with Crippen molar-refractivity contribution in [3.63, 3.8) is 0 Å². The molecule has 0 aliphatic carbocycles. The molecule has 14 heavy (non-hydrogen) atoms. The molecule has 4 nitrogen and oxygen atoms in total. The molecule has 0 aromatic carbocycles. The summed E-state index contributed by atoms with van der Waals surface area (Å²) in [5, 5.41) is 12.7. The number of rotatable bonds is 3. The highest BCUT2D eigenvalue weighted by Gasteiger charge is 2.10. The Morgan fingerprint density at radius 2 is 2.43 bits per heavy atom. The third-order valence-corrected chi connectivity index (χ3v) is 2.23. The molecule has 1 unspecified atom stereocenters. The maximum atomic E-state index is 9.80. The van der Waals surface area contributed by atoms with Gasteiger partial charge in [-0.05, 0) is 19.2 Å². The van der Waals surface area contributed by atoms with Crippen LogP contribution in [0.1, 0.15) is 11.8 Å². The first-order valence-electron chi connectivity index (χ1n) is 4.56. The van der Waals surface area contributed by atoms with Crippen molar-refractivity contribution in [3.05, 3.63) is 36.4 Å². The Balaban J connectivity index is 2.42. The van der Waals surface area contributed by atoms with Crippen molar-refractivity contribution >= 4 is 5.52 Å². The van der Waals surface area contributed by atoms with E-state index in [0.717, 1.165) is 11.2 Å². The van der Waals surface area contributed by atoms with Crippen molar-refractivity contribution < 1.29 is 5.11 Å². The predicted molar refractivity (Wildman–Crippen MR) is 54.1 cm³/mol. The van der Waals surface area contributed by atoms with Crippen LogP contribution in [0, 0.1) is 0 Å². The minimum atomic E-state index is -0.482. The molecule has 0 aliphatic rings. The van der Waals surface area contributed by atoms with E-state index < -0.39 is 6.10 Å². The standard InChI is InChI=1S/C10H13N3O/c1-11-7-10(14)9-3-2-8-6-12-4-5-13(8)9/h2-6,10-11,14H,7H2,1H3. The van der Waals surface area contributed by atoms with Gasteiger partial charge < -0.3 is 14.8 Å². The van der Waals surface area contributed by atoms with Gasteiger partial charge in [0, 0.05) is 18.9 Å². The molecule has 2 aromatic rings. The van der Waals surface area contributed by atoms with Crippen LogP contribution in [0.5, 0.6) is 0 Å². The zero-order valence-corrected chi connectivity index (χ0v) is 8.01. The Labute approximate surface area is 82.2 Å². The molecule has 0 amide bonds. The lowest BCUT2D eigenvalue weighted by atomic mass is 10.2. The lowest BCUT2D eigenvalue weighted by Gasteiger charge is -2.09. The molecule has 0 saturated heterocycles. The second kappa shape index (κ2) is 3.77. The summed E-state index contributed by atoms with van der Waals surface area (Å²) in [5.41, 5.74) is 1.88. The van der Waals surface area contributed by atoms with E-state index in [4.69, 9.17) is 0 Å². The first-order chi connectivity index (χ1) is 6.83. The Hall–Kier alpha value is -1.39. The van der Waals surface area contributed by atoms with Gasteiger partial charge in [-0.3, -0.25) is 4.98 Å². The number of likely N-dealkylation sites (N-methyl/N-ethyl adjacent to an activating group) is 1. The predicted octanol–water partition coefficient (Wildman–Crippen LogP) is 0.587. The number of aromatic nitrogens is 2. The zero-order chi connectivity index (χ0) is 9.97. The summed E-state index contributed by atoms with van der Waals surface area (Å²) in [5.74, 6) is 0. The van der Waals surface area contributed by atoms with Crippen LogP contribution in [0.3, 0.4) is 0 Å². The minimum Gasteiger partial charge on any atom is -0.386 e. The van der Waals surface area contributed by atoms with Crippen LogP contribution >= 0.6 is 0 Å². The molecule has 0 fully saturated rings. The highest BCUT2D eigenvalue weighted by Crippen LogP contribution is 2.15. The number of hydrogen-bond acceptors (Lipinski definition) is 3. The fourth-order valence-electron chi connectivity index (χ4n) is 1.55. The molecule has 2 aromatic heterocycles. The molecule has 0 spiro atoms. The lowest BCUT2D eigenvalue weighted by molar-refractivity contribution is 0.172. The SMILES string of the molecule is CNCC(O)c1ccc2cnccn12. The summed E-state index contributed by atoms with van der Waals surface area (Å²) in [6.07, 6.45) is 4.85. The van der Waals surface area contributed by atoms with Gasteiger partial charge in [-0.25, -0.2) is 0 Å². The maximum Gasteiger partial charge on any atom is 0.107 e. The zero-order valence-electron chi connectivity index (χ0n) is 8.01. The largest absolute Gasteiger partial charge is 0.386 e. The highest BCUT2D eigenvalue weighted by atomic mass is 16.3. The topological polar surface area (TPSA) is 49.6 Å². The number of hydrogen-bond donors (Lipinski definition) is 2. The van der Waals surface area contributed by atoms with Crippen molar-refractivity contribution in [3.8, 4) is 0 Å². The van der Waals surface area contributed by atoms with E-state index in [0.29, 0.717) is 6.54 Å². The van der Waals surface area contributed by atoms with E-state index in [1.807, 2.05) is 29.8 Å². The van der Waals surface area contributed by atoms with E-state index in [1.165, 1.54) is 0 Å². The number of fused-ring (bicyclic) bond motifs is 1. The number of nitrogens with one attached hydrogen (secondary N) is 1. The second-order valence-corrected chi connectivity index (χ2v) is 3.20. The van der Waals surface area contributed by atoms with Gasteiger partial charge in [0.25, 0.3) is 0 Å². The molecule has 0 radical (unpaired) electrons. The number of aliphatic hydroxyl groups excluding tert-OH is 1. The monoisotopic (exact) mass is 191 g/mol. The van der Waals surface area contributed by atoms with Gasteiger partial charge in [-0.2, -0.15) is 0 Å². The highest BCUT2D eigenvalue weighted by molar-refractivity contribution is 5.47. The maximum absolute atomic E-state index is 9.80. The van der Waals surface area contributed by atoms with E-state index >= 15 is 0 Å². The van der Waals surface area contributed by atoms with Gasteiger partial charge >= 0.3 is 0 Å². The van der Waals surface area contributed by atoms with Gasteiger partial charge in [-0.1, -0.05) is 0 Å². The molecule has 2 rings (SSSR count). The lowest BCUT2D eigenvalue weighted by Crippen LogP contribution is -2.17. The van der Waals surface area contributed by atoms with Gasteiger partial charge in [0.05, 0.1) is 17.4 Å². The summed E-state index contributed by atoms with van der Waals surface area (Å²) in [6.45, 7) is 0.550. The van der Waals surface area contributed by atoms with Gasteiger partial charge in [-0.15, -0.1) is 0 Å². The molecule has 1 atom stereocenters. The van der Waals surface area contributed by atoms with Crippen LogP contribution in [-0.2, 0) is 0 Å². The Morgan fingerprint density at radius 3 is 3.21 bits per heavy atom. The normalized spacial score (nSPS) is 13.3. The molecule has 4 heteroatoms. The Kier molecular flexibility index (Phi) is 2.47. The van der Waals surface area contributed by atoms with E-state index in [1.54, 1.807) is 12.4 Å². The van der Waals surface area contributed by atoms with Crippen molar-refractivity contribution in [1.29, 1.82) is 0 Å². The minimum absolute atomic E-state index is 0.482. The van der Waals surface area contributed by atoms with Crippen LogP contribution in [-0.4, -0.2) is 28.1 Å². The second-order valence-electron chi connectivity index (χ2n) is 3.20. The van der Waals surface area contributed by atoms with Crippen molar-refractivity contribution in [2.24, 2.45) is 0 Å². The third-order valence-electron chi connectivity index (χ3n) is 2.23. The summed E-state index contributed by atoms with van der Waals surface area (Å²) in [6, 6.07) is 3.86. The van der Waals surface area contributed by atoms with Crippen LogP contribution in [0.2, 0.25) is 0 Å².